The Balaban J connectivity index is 1.08. The number of hydrogen-bond acceptors (Lipinski definition) is 3. The van der Waals surface area contributed by atoms with E-state index in [9.17, 15) is 0 Å². The monoisotopic (exact) mass is 695 g/mol. The molecule has 54 heavy (non-hydrogen) atoms. The van der Waals surface area contributed by atoms with E-state index < -0.39 is 0 Å². The number of aromatic nitrogens is 1. The second kappa shape index (κ2) is 12.0. The number of hydrogen-bond donors (Lipinski definition) is 1. The van der Waals surface area contributed by atoms with Crippen molar-refractivity contribution in [2.24, 2.45) is 0 Å². The van der Waals surface area contributed by atoms with Crippen molar-refractivity contribution in [3.8, 4) is 33.5 Å². The highest BCUT2D eigenvalue weighted by atomic mass is 15.2. The van der Waals surface area contributed by atoms with Gasteiger partial charge in [-0.25, -0.2) is 4.98 Å². The Bertz CT molecular complexity index is 2690. The van der Waals surface area contributed by atoms with E-state index in [1.165, 1.54) is 67.3 Å². The summed E-state index contributed by atoms with van der Waals surface area (Å²) in [5.41, 5.74) is 18.8. The van der Waals surface area contributed by atoms with E-state index in [0.717, 1.165) is 27.8 Å². The molecule has 1 N–H and O–H groups in total. The molecule has 0 unspecified atom stereocenters. The Morgan fingerprint density at radius 1 is 0.463 bits per heavy atom. The largest absolute Gasteiger partial charge is 0.355 e. The van der Waals surface area contributed by atoms with Gasteiger partial charge in [0.05, 0.1) is 22.6 Å². The third kappa shape index (κ3) is 4.92. The van der Waals surface area contributed by atoms with Crippen LogP contribution in [0.2, 0.25) is 0 Å². The zero-order valence-electron chi connectivity index (χ0n) is 31.1. The summed E-state index contributed by atoms with van der Waals surface area (Å²) in [4.78, 5) is 7.75. The van der Waals surface area contributed by atoms with Gasteiger partial charge in [-0.05, 0) is 93.0 Å². The average Bonchev–Trinajstić information content (AvgIpc) is 3.21. The van der Waals surface area contributed by atoms with E-state index >= 15 is 0 Å². The van der Waals surface area contributed by atoms with Crippen LogP contribution < -0.4 is 10.2 Å². The van der Waals surface area contributed by atoms with Crippen molar-refractivity contribution in [1.82, 2.24) is 4.98 Å². The molecule has 8 aromatic rings. The molecule has 10 rings (SSSR count). The Kier molecular flexibility index (Phi) is 7.19. The van der Waals surface area contributed by atoms with Crippen LogP contribution in [0, 0.1) is 0 Å². The quantitative estimate of drug-likeness (QED) is 0.199. The molecule has 7 aromatic carbocycles. The summed E-state index contributed by atoms with van der Waals surface area (Å²) in [6, 6.07) is 61.7. The van der Waals surface area contributed by atoms with Crippen LogP contribution in [-0.2, 0) is 10.8 Å². The van der Waals surface area contributed by atoms with Gasteiger partial charge in [0, 0.05) is 38.8 Å². The van der Waals surface area contributed by atoms with Crippen molar-refractivity contribution < 1.29 is 0 Å². The fourth-order valence-electron chi connectivity index (χ4n) is 9.11. The number of para-hydroxylation sites is 3. The fourth-order valence-corrected chi connectivity index (χ4v) is 9.11. The maximum absolute atomic E-state index is 5.32. The van der Waals surface area contributed by atoms with Crippen LogP contribution in [0.25, 0.3) is 44.4 Å². The summed E-state index contributed by atoms with van der Waals surface area (Å²) in [6.07, 6.45) is 0. The number of pyridine rings is 1. The molecule has 0 saturated heterocycles. The Morgan fingerprint density at radius 2 is 1.06 bits per heavy atom. The lowest BCUT2D eigenvalue weighted by Gasteiger charge is -2.42. The van der Waals surface area contributed by atoms with Gasteiger partial charge in [0.25, 0.3) is 0 Å². The minimum absolute atomic E-state index is 0.111. The maximum atomic E-state index is 5.32. The molecule has 3 heteroatoms. The molecule has 0 radical (unpaired) electrons. The molecule has 0 bridgehead atoms. The van der Waals surface area contributed by atoms with E-state index in [1.807, 2.05) is 0 Å². The number of nitrogens with zero attached hydrogens (tertiary/aromatic N) is 2. The summed E-state index contributed by atoms with van der Waals surface area (Å²) in [7, 11) is 0. The molecule has 260 valence electrons. The highest BCUT2D eigenvalue weighted by Gasteiger charge is 2.37. The number of benzene rings is 7. The lowest BCUT2D eigenvalue weighted by atomic mass is 9.71. The van der Waals surface area contributed by atoms with Gasteiger partial charge >= 0.3 is 0 Å². The zero-order valence-corrected chi connectivity index (χ0v) is 31.1. The van der Waals surface area contributed by atoms with Crippen molar-refractivity contribution in [2.45, 2.75) is 38.5 Å². The fraction of sp³-hybridized carbons (Fsp3) is 0.118. The van der Waals surface area contributed by atoms with Crippen molar-refractivity contribution in [1.29, 1.82) is 0 Å². The summed E-state index contributed by atoms with van der Waals surface area (Å²) in [5.74, 6) is 0. The lowest BCUT2D eigenvalue weighted by Crippen LogP contribution is -2.30. The molecule has 0 saturated carbocycles. The van der Waals surface area contributed by atoms with Crippen LogP contribution in [0.5, 0.6) is 0 Å². The van der Waals surface area contributed by atoms with Gasteiger partial charge in [0.2, 0.25) is 0 Å². The molecule has 0 atom stereocenters. The first-order valence-corrected chi connectivity index (χ1v) is 18.9. The molecule has 3 heterocycles. The highest BCUT2D eigenvalue weighted by Crippen LogP contribution is 2.53. The van der Waals surface area contributed by atoms with E-state index in [2.05, 4.69) is 208 Å². The van der Waals surface area contributed by atoms with Crippen LogP contribution in [-0.4, -0.2) is 4.98 Å². The normalized spacial score (nSPS) is 14.7. The standard InChI is InChI=1S/C51H41N3/c1-50(2)41-19-9-12-23-47(41)54(48-24-13-10-20-42(48)50)36-29-30-43-39(31-36)38(33-15-6-5-7-16-33)32-46(52-43)35-27-25-34(26-28-35)37-17-14-22-45-49(37)51(3,4)40-18-8-11-21-44(40)53-45/h5-32,53H,1-4H3. The van der Waals surface area contributed by atoms with E-state index in [0.29, 0.717) is 0 Å². The first-order chi connectivity index (χ1) is 26.3. The van der Waals surface area contributed by atoms with Crippen LogP contribution in [0.4, 0.5) is 28.4 Å². The van der Waals surface area contributed by atoms with Crippen LogP contribution in [0.1, 0.15) is 49.9 Å². The Morgan fingerprint density at radius 3 is 1.78 bits per heavy atom. The van der Waals surface area contributed by atoms with Gasteiger partial charge in [-0.15, -0.1) is 0 Å². The number of rotatable bonds is 4. The van der Waals surface area contributed by atoms with Gasteiger partial charge in [-0.3, -0.25) is 0 Å². The molecule has 1 aromatic heterocycles. The van der Waals surface area contributed by atoms with Gasteiger partial charge in [-0.2, -0.15) is 0 Å². The van der Waals surface area contributed by atoms with E-state index in [1.54, 1.807) is 0 Å². The van der Waals surface area contributed by atoms with Gasteiger partial charge in [0.1, 0.15) is 0 Å². The summed E-state index contributed by atoms with van der Waals surface area (Å²) >= 11 is 0. The van der Waals surface area contributed by atoms with Crippen molar-refractivity contribution in [2.75, 3.05) is 10.2 Å². The molecule has 0 spiro atoms. The number of nitrogens with one attached hydrogen (secondary N) is 1. The van der Waals surface area contributed by atoms with Crippen LogP contribution in [0.3, 0.4) is 0 Å². The molecule has 2 aliphatic heterocycles. The van der Waals surface area contributed by atoms with Gasteiger partial charge < -0.3 is 10.2 Å². The smallest absolute Gasteiger partial charge is 0.0717 e. The molecule has 0 aliphatic carbocycles. The van der Waals surface area contributed by atoms with Crippen molar-refractivity contribution >= 4 is 39.3 Å². The second-order valence-corrected chi connectivity index (χ2v) is 15.7. The molecule has 0 amide bonds. The summed E-state index contributed by atoms with van der Waals surface area (Å²) < 4.78 is 0. The lowest BCUT2D eigenvalue weighted by molar-refractivity contribution is 0.632. The van der Waals surface area contributed by atoms with Gasteiger partial charge in [0.15, 0.2) is 0 Å². The SMILES string of the molecule is CC1(C)c2ccccc2N(c2ccc3nc(-c4ccc(-c5cccc6c5C(C)(C)c5ccccc5N6)cc4)cc(-c4ccccc4)c3c2)c2ccccc21. The Hall–Kier alpha value is -6.45. The predicted octanol–water partition coefficient (Wildman–Crippen LogP) is 13.7. The summed E-state index contributed by atoms with van der Waals surface area (Å²) in [6.45, 7) is 9.34. The predicted molar refractivity (Wildman–Crippen MR) is 227 cm³/mol. The minimum atomic E-state index is -0.148. The van der Waals surface area contributed by atoms with E-state index in [-0.39, 0.29) is 10.8 Å². The third-order valence-electron chi connectivity index (χ3n) is 11.8. The van der Waals surface area contributed by atoms with Crippen LogP contribution in [0.15, 0.2) is 170 Å². The summed E-state index contributed by atoms with van der Waals surface area (Å²) in [5, 5.41) is 4.84. The first kappa shape index (κ1) is 32.2. The van der Waals surface area contributed by atoms with Crippen molar-refractivity contribution in [3.63, 3.8) is 0 Å². The molecule has 0 fully saturated rings. The maximum Gasteiger partial charge on any atom is 0.0717 e. The number of anilines is 5. The zero-order chi connectivity index (χ0) is 36.6. The molecule has 2 aliphatic rings. The van der Waals surface area contributed by atoms with Crippen LogP contribution >= 0.6 is 0 Å². The molecular weight excluding hydrogens is 655 g/mol. The topological polar surface area (TPSA) is 28.2 Å². The number of fused-ring (bicyclic) bond motifs is 5. The minimum Gasteiger partial charge on any atom is -0.355 e. The molecular formula is C51H41N3. The molecule has 3 nitrogen and oxygen atoms in total. The van der Waals surface area contributed by atoms with E-state index in [4.69, 9.17) is 4.98 Å². The second-order valence-electron chi connectivity index (χ2n) is 15.7. The average molecular weight is 696 g/mol. The third-order valence-corrected chi connectivity index (χ3v) is 11.8. The van der Waals surface area contributed by atoms with Gasteiger partial charge in [-0.1, -0.05) is 149 Å². The highest BCUT2D eigenvalue weighted by molar-refractivity contribution is 6.00. The Labute approximate surface area is 317 Å². The van der Waals surface area contributed by atoms with Crippen molar-refractivity contribution in [3.05, 3.63) is 192 Å². The first-order valence-electron chi connectivity index (χ1n) is 18.9.